The van der Waals surface area contributed by atoms with Crippen LogP contribution in [0.25, 0.3) is 0 Å². The molecule has 1 saturated carbocycles. The normalized spacial score (nSPS) is 22.0. The highest BCUT2D eigenvalue weighted by Crippen LogP contribution is 2.37. The number of ketones is 1. The van der Waals surface area contributed by atoms with Gasteiger partial charge < -0.3 is 0 Å². The van der Waals surface area contributed by atoms with Gasteiger partial charge in [0.05, 0.1) is 6.07 Å². The van der Waals surface area contributed by atoms with Gasteiger partial charge in [-0.25, -0.2) is 0 Å². The molecule has 2 heteroatoms. The summed E-state index contributed by atoms with van der Waals surface area (Å²) in [6.45, 7) is 1.52. The van der Waals surface area contributed by atoms with E-state index >= 15 is 0 Å². The van der Waals surface area contributed by atoms with E-state index in [9.17, 15) is 4.79 Å². The van der Waals surface area contributed by atoms with Crippen LogP contribution in [0.5, 0.6) is 0 Å². The predicted molar refractivity (Wildman–Crippen MR) is 37.2 cm³/mol. The summed E-state index contributed by atoms with van der Waals surface area (Å²) < 4.78 is 0. The van der Waals surface area contributed by atoms with E-state index in [4.69, 9.17) is 5.26 Å². The maximum absolute atomic E-state index is 11.0. The lowest BCUT2D eigenvalue weighted by molar-refractivity contribution is -0.123. The third kappa shape index (κ3) is 0.923. The molecule has 1 fully saturated rings. The molecule has 0 spiro atoms. The smallest absolute Gasteiger partial charge is 0.150 e. The van der Waals surface area contributed by atoms with Crippen LogP contribution in [0.15, 0.2) is 0 Å². The zero-order chi connectivity index (χ0) is 7.61. The Bertz CT molecular complexity index is 184. The van der Waals surface area contributed by atoms with E-state index in [0.29, 0.717) is 0 Å². The molecule has 0 radical (unpaired) electrons. The van der Waals surface area contributed by atoms with Crippen molar-refractivity contribution in [3.8, 4) is 6.07 Å². The van der Waals surface area contributed by atoms with E-state index in [2.05, 4.69) is 6.07 Å². The van der Waals surface area contributed by atoms with Crippen LogP contribution < -0.4 is 0 Å². The Hall–Kier alpha value is -0.840. The molecule has 0 aromatic rings. The molecule has 1 aliphatic rings. The predicted octanol–water partition coefficient (Wildman–Crippen LogP) is 1.66. The zero-order valence-corrected chi connectivity index (χ0v) is 6.18. The summed E-state index contributed by atoms with van der Waals surface area (Å²) in [4.78, 5) is 11.0. The van der Waals surface area contributed by atoms with Gasteiger partial charge in [0, 0.05) is 0 Å². The first kappa shape index (κ1) is 7.27. The molecule has 0 N–H and O–H groups in total. The highest BCUT2D eigenvalue weighted by molar-refractivity contribution is 5.85. The maximum Gasteiger partial charge on any atom is 0.150 e. The summed E-state index contributed by atoms with van der Waals surface area (Å²) in [6, 6.07) is 2.13. The van der Waals surface area contributed by atoms with Crippen molar-refractivity contribution in [3.63, 3.8) is 0 Å². The summed E-state index contributed by atoms with van der Waals surface area (Å²) in [5.41, 5.74) is -0.597. The van der Waals surface area contributed by atoms with Crippen LogP contribution in [0.2, 0.25) is 0 Å². The maximum atomic E-state index is 11.0. The molecular formula is C8H11NO. The molecule has 1 aliphatic carbocycles. The van der Waals surface area contributed by atoms with Gasteiger partial charge in [0.1, 0.15) is 11.2 Å². The largest absolute Gasteiger partial charge is 0.298 e. The number of carbonyl (C=O) groups is 1. The zero-order valence-electron chi connectivity index (χ0n) is 6.18. The molecule has 0 atom stereocenters. The highest BCUT2D eigenvalue weighted by atomic mass is 16.1. The standard InChI is InChI=1S/C8H11NO/c1-7(10)8(6-9)4-2-3-5-8/h2-5H2,1H3. The number of carbonyl (C=O) groups excluding carboxylic acids is 1. The van der Waals surface area contributed by atoms with Crippen LogP contribution in [0.4, 0.5) is 0 Å². The summed E-state index contributed by atoms with van der Waals surface area (Å²) >= 11 is 0. The van der Waals surface area contributed by atoms with Crippen molar-refractivity contribution in [2.45, 2.75) is 32.6 Å². The van der Waals surface area contributed by atoms with Gasteiger partial charge >= 0.3 is 0 Å². The van der Waals surface area contributed by atoms with Crippen LogP contribution >= 0.6 is 0 Å². The molecule has 0 unspecified atom stereocenters. The van der Waals surface area contributed by atoms with Gasteiger partial charge in [-0.3, -0.25) is 4.79 Å². The Morgan fingerprint density at radius 3 is 2.20 bits per heavy atom. The lowest BCUT2D eigenvalue weighted by Gasteiger charge is -2.14. The van der Waals surface area contributed by atoms with Gasteiger partial charge in [-0.2, -0.15) is 5.26 Å². The third-order valence-electron chi connectivity index (χ3n) is 2.35. The Kier molecular flexibility index (Phi) is 1.76. The van der Waals surface area contributed by atoms with Crippen molar-refractivity contribution in [1.29, 1.82) is 5.26 Å². The monoisotopic (exact) mass is 137 g/mol. The van der Waals surface area contributed by atoms with Crippen molar-refractivity contribution in [2.75, 3.05) is 0 Å². The van der Waals surface area contributed by atoms with Crippen LogP contribution in [-0.2, 0) is 4.79 Å². The number of rotatable bonds is 1. The number of hydrogen-bond acceptors (Lipinski definition) is 2. The fourth-order valence-electron chi connectivity index (χ4n) is 1.52. The Labute approximate surface area is 60.8 Å². The van der Waals surface area contributed by atoms with Gasteiger partial charge in [-0.1, -0.05) is 12.8 Å². The lowest BCUT2D eigenvalue weighted by atomic mass is 9.84. The Balaban J connectivity index is 2.80. The molecule has 0 saturated heterocycles. The van der Waals surface area contributed by atoms with Crippen LogP contribution in [0.1, 0.15) is 32.6 Å². The minimum Gasteiger partial charge on any atom is -0.298 e. The minimum atomic E-state index is -0.597. The summed E-state index contributed by atoms with van der Waals surface area (Å²) in [5.74, 6) is 0.0486. The fraction of sp³-hybridized carbons (Fsp3) is 0.750. The quantitative estimate of drug-likeness (QED) is 0.551. The first-order valence-corrected chi connectivity index (χ1v) is 3.63. The number of hydrogen-bond donors (Lipinski definition) is 0. The molecule has 2 nitrogen and oxygen atoms in total. The first-order valence-electron chi connectivity index (χ1n) is 3.63. The Morgan fingerprint density at radius 1 is 1.50 bits per heavy atom. The van der Waals surface area contributed by atoms with E-state index in [-0.39, 0.29) is 5.78 Å². The van der Waals surface area contributed by atoms with Crippen molar-refractivity contribution in [1.82, 2.24) is 0 Å². The molecule has 54 valence electrons. The lowest BCUT2D eigenvalue weighted by Crippen LogP contribution is -2.22. The topological polar surface area (TPSA) is 40.9 Å². The molecule has 0 bridgehead atoms. The summed E-state index contributed by atoms with van der Waals surface area (Å²) in [7, 11) is 0. The van der Waals surface area contributed by atoms with E-state index in [1.165, 1.54) is 6.92 Å². The van der Waals surface area contributed by atoms with Gasteiger partial charge in [-0.15, -0.1) is 0 Å². The fourth-order valence-corrected chi connectivity index (χ4v) is 1.52. The number of nitrogens with zero attached hydrogens (tertiary/aromatic N) is 1. The molecule has 0 amide bonds. The van der Waals surface area contributed by atoms with Gasteiger partial charge in [-0.05, 0) is 19.8 Å². The van der Waals surface area contributed by atoms with Crippen molar-refractivity contribution < 1.29 is 4.79 Å². The number of Topliss-reactive ketones (excluding diaryl/α,β-unsaturated/α-hetero) is 1. The van der Waals surface area contributed by atoms with E-state index < -0.39 is 5.41 Å². The third-order valence-corrected chi connectivity index (χ3v) is 2.35. The molecule has 0 aromatic heterocycles. The first-order chi connectivity index (χ1) is 4.71. The minimum absolute atomic E-state index is 0.0486. The second-order valence-electron chi connectivity index (χ2n) is 2.96. The average Bonchev–Trinajstić information content (AvgIpc) is 2.35. The molecule has 10 heavy (non-hydrogen) atoms. The highest BCUT2D eigenvalue weighted by Gasteiger charge is 2.38. The van der Waals surface area contributed by atoms with Gasteiger partial charge in [0.2, 0.25) is 0 Å². The van der Waals surface area contributed by atoms with Crippen LogP contribution in [-0.4, -0.2) is 5.78 Å². The van der Waals surface area contributed by atoms with Crippen molar-refractivity contribution in [2.24, 2.45) is 5.41 Å². The second kappa shape index (κ2) is 2.42. The molecular weight excluding hydrogens is 126 g/mol. The summed E-state index contributed by atoms with van der Waals surface area (Å²) in [5, 5.41) is 8.72. The molecule has 1 rings (SSSR count). The van der Waals surface area contributed by atoms with Crippen LogP contribution in [0.3, 0.4) is 0 Å². The van der Waals surface area contributed by atoms with Crippen molar-refractivity contribution in [3.05, 3.63) is 0 Å². The SMILES string of the molecule is CC(=O)C1(C#N)CCCC1. The van der Waals surface area contributed by atoms with Crippen LogP contribution in [0, 0.1) is 16.7 Å². The van der Waals surface area contributed by atoms with Gasteiger partial charge in [0.25, 0.3) is 0 Å². The molecule has 0 aliphatic heterocycles. The average molecular weight is 137 g/mol. The molecule has 0 aromatic carbocycles. The van der Waals surface area contributed by atoms with E-state index in [0.717, 1.165) is 25.7 Å². The van der Waals surface area contributed by atoms with E-state index in [1.807, 2.05) is 0 Å². The number of nitriles is 1. The van der Waals surface area contributed by atoms with E-state index in [1.54, 1.807) is 0 Å². The molecule has 0 heterocycles. The Morgan fingerprint density at radius 2 is 2.00 bits per heavy atom. The van der Waals surface area contributed by atoms with Gasteiger partial charge in [0.15, 0.2) is 0 Å². The summed E-state index contributed by atoms with van der Waals surface area (Å²) in [6.07, 6.45) is 3.62. The second-order valence-corrected chi connectivity index (χ2v) is 2.96. The van der Waals surface area contributed by atoms with Crippen molar-refractivity contribution >= 4 is 5.78 Å².